The Morgan fingerprint density at radius 2 is 2.00 bits per heavy atom. The van der Waals surface area contributed by atoms with Crippen LogP contribution in [0.25, 0.3) is 11.5 Å². The van der Waals surface area contributed by atoms with E-state index in [1.54, 1.807) is 18.5 Å². The summed E-state index contributed by atoms with van der Waals surface area (Å²) in [6.45, 7) is 0.652. The number of rotatable bonds is 8. The summed E-state index contributed by atoms with van der Waals surface area (Å²) in [6.07, 6.45) is 5.19. The molecule has 1 N–H and O–H groups in total. The number of thioether (sulfide) groups is 1. The zero-order chi connectivity index (χ0) is 17.3. The Bertz CT molecular complexity index is 793. The first-order valence-electron chi connectivity index (χ1n) is 7.98. The molecular formula is C18H18N4O2S. The number of hydrogen-bond donors (Lipinski definition) is 1. The van der Waals surface area contributed by atoms with E-state index >= 15 is 0 Å². The van der Waals surface area contributed by atoms with Crippen molar-refractivity contribution < 1.29 is 9.21 Å². The lowest BCUT2D eigenvalue weighted by atomic mass is 10.1. The van der Waals surface area contributed by atoms with Crippen LogP contribution in [0.2, 0.25) is 0 Å². The van der Waals surface area contributed by atoms with E-state index in [0.29, 0.717) is 17.7 Å². The number of nitrogens with zero attached hydrogens (tertiary/aromatic N) is 3. The predicted molar refractivity (Wildman–Crippen MR) is 96.0 cm³/mol. The van der Waals surface area contributed by atoms with Crippen LogP contribution in [0.4, 0.5) is 0 Å². The van der Waals surface area contributed by atoms with Gasteiger partial charge in [-0.2, -0.15) is 0 Å². The summed E-state index contributed by atoms with van der Waals surface area (Å²) in [6, 6.07) is 13.9. The van der Waals surface area contributed by atoms with E-state index < -0.39 is 0 Å². The summed E-state index contributed by atoms with van der Waals surface area (Å²) >= 11 is 1.23. The lowest BCUT2D eigenvalue weighted by molar-refractivity contribution is -0.118. The second-order valence-corrected chi connectivity index (χ2v) is 6.27. The van der Waals surface area contributed by atoms with Crippen LogP contribution in [0.5, 0.6) is 0 Å². The fourth-order valence-electron chi connectivity index (χ4n) is 2.22. The number of pyridine rings is 1. The minimum absolute atomic E-state index is 0.0424. The van der Waals surface area contributed by atoms with Gasteiger partial charge in [-0.15, -0.1) is 10.2 Å². The number of aryl methyl sites for hydroxylation is 1. The van der Waals surface area contributed by atoms with Crippen LogP contribution in [-0.2, 0) is 11.2 Å². The van der Waals surface area contributed by atoms with Crippen LogP contribution in [-0.4, -0.2) is 33.4 Å². The van der Waals surface area contributed by atoms with Gasteiger partial charge in [0.15, 0.2) is 0 Å². The first-order chi connectivity index (χ1) is 12.3. The molecule has 0 bridgehead atoms. The van der Waals surface area contributed by atoms with Crippen molar-refractivity contribution in [1.29, 1.82) is 0 Å². The van der Waals surface area contributed by atoms with E-state index in [2.05, 4.69) is 32.6 Å². The molecule has 1 aromatic carbocycles. The van der Waals surface area contributed by atoms with Gasteiger partial charge in [0.1, 0.15) is 0 Å². The van der Waals surface area contributed by atoms with E-state index in [4.69, 9.17) is 4.42 Å². The van der Waals surface area contributed by atoms with Gasteiger partial charge in [0, 0.05) is 18.9 Å². The summed E-state index contributed by atoms with van der Waals surface area (Å²) in [5.74, 6) is 0.609. The number of aromatic nitrogens is 3. The molecule has 3 rings (SSSR count). The second-order valence-electron chi connectivity index (χ2n) is 5.34. The number of amides is 1. The van der Waals surface area contributed by atoms with Gasteiger partial charge in [-0.25, -0.2) is 0 Å². The van der Waals surface area contributed by atoms with Crippen LogP contribution in [0.15, 0.2) is 64.5 Å². The summed E-state index contributed by atoms with van der Waals surface area (Å²) in [4.78, 5) is 15.9. The van der Waals surface area contributed by atoms with Crippen LogP contribution >= 0.6 is 11.8 Å². The number of nitrogens with one attached hydrogen (secondary N) is 1. The first-order valence-corrected chi connectivity index (χ1v) is 8.97. The molecule has 0 spiro atoms. The van der Waals surface area contributed by atoms with Gasteiger partial charge in [0.2, 0.25) is 11.8 Å². The monoisotopic (exact) mass is 354 g/mol. The van der Waals surface area contributed by atoms with Crippen molar-refractivity contribution in [3.8, 4) is 11.5 Å². The molecule has 0 aliphatic heterocycles. The fraction of sp³-hybridized carbons (Fsp3) is 0.222. The van der Waals surface area contributed by atoms with Crippen molar-refractivity contribution in [2.24, 2.45) is 0 Å². The standard InChI is InChI=1S/C18H18N4O2S/c23-16(20-11-4-8-14-6-2-1-3-7-14)13-25-18-22-21-17(24-18)15-9-5-10-19-12-15/h1-3,5-7,9-10,12H,4,8,11,13H2,(H,20,23). The molecule has 6 nitrogen and oxygen atoms in total. The van der Waals surface area contributed by atoms with E-state index in [-0.39, 0.29) is 11.7 Å². The van der Waals surface area contributed by atoms with Crippen molar-refractivity contribution in [2.75, 3.05) is 12.3 Å². The van der Waals surface area contributed by atoms with Gasteiger partial charge in [0.05, 0.1) is 11.3 Å². The summed E-state index contributed by atoms with van der Waals surface area (Å²) in [5, 5.41) is 11.2. The Morgan fingerprint density at radius 1 is 1.12 bits per heavy atom. The average Bonchev–Trinajstić information content (AvgIpc) is 3.14. The molecule has 7 heteroatoms. The molecule has 3 aromatic rings. The van der Waals surface area contributed by atoms with E-state index in [9.17, 15) is 4.79 Å². The van der Waals surface area contributed by atoms with Gasteiger partial charge in [-0.1, -0.05) is 42.1 Å². The highest BCUT2D eigenvalue weighted by molar-refractivity contribution is 7.99. The highest BCUT2D eigenvalue weighted by Crippen LogP contribution is 2.22. The molecule has 0 aliphatic rings. The third kappa shape index (κ3) is 5.42. The molecular weight excluding hydrogens is 336 g/mol. The Labute approximate surface area is 150 Å². The molecule has 0 saturated carbocycles. The zero-order valence-electron chi connectivity index (χ0n) is 13.6. The smallest absolute Gasteiger partial charge is 0.277 e. The average molecular weight is 354 g/mol. The van der Waals surface area contributed by atoms with Crippen molar-refractivity contribution in [2.45, 2.75) is 18.1 Å². The van der Waals surface area contributed by atoms with Gasteiger partial charge in [-0.05, 0) is 30.5 Å². The summed E-state index contributed by atoms with van der Waals surface area (Å²) in [5.41, 5.74) is 2.03. The quantitative estimate of drug-likeness (QED) is 0.495. The normalized spacial score (nSPS) is 10.6. The van der Waals surface area contributed by atoms with E-state index in [0.717, 1.165) is 18.4 Å². The van der Waals surface area contributed by atoms with Crippen LogP contribution in [0.1, 0.15) is 12.0 Å². The third-order valence-electron chi connectivity index (χ3n) is 3.45. The lowest BCUT2D eigenvalue weighted by Crippen LogP contribution is -2.26. The predicted octanol–water partition coefficient (Wildman–Crippen LogP) is 2.97. The van der Waals surface area contributed by atoms with Crippen molar-refractivity contribution in [3.63, 3.8) is 0 Å². The molecule has 0 atom stereocenters. The van der Waals surface area contributed by atoms with Crippen LogP contribution in [0.3, 0.4) is 0 Å². The van der Waals surface area contributed by atoms with Gasteiger partial charge >= 0.3 is 0 Å². The van der Waals surface area contributed by atoms with Crippen molar-refractivity contribution in [1.82, 2.24) is 20.5 Å². The summed E-state index contributed by atoms with van der Waals surface area (Å²) < 4.78 is 5.52. The van der Waals surface area contributed by atoms with Gasteiger partial charge < -0.3 is 9.73 Å². The fourth-order valence-corrected chi connectivity index (χ4v) is 2.81. The lowest BCUT2D eigenvalue weighted by Gasteiger charge is -2.04. The Morgan fingerprint density at radius 3 is 2.80 bits per heavy atom. The molecule has 0 unspecified atom stereocenters. The van der Waals surface area contributed by atoms with Crippen LogP contribution in [0, 0.1) is 0 Å². The van der Waals surface area contributed by atoms with Crippen molar-refractivity contribution >= 4 is 17.7 Å². The number of hydrogen-bond acceptors (Lipinski definition) is 6. The molecule has 25 heavy (non-hydrogen) atoms. The number of carbonyl (C=O) groups excluding carboxylic acids is 1. The molecule has 0 saturated heterocycles. The van der Waals surface area contributed by atoms with Gasteiger partial charge in [0.25, 0.3) is 5.22 Å². The summed E-state index contributed by atoms with van der Waals surface area (Å²) in [7, 11) is 0. The van der Waals surface area contributed by atoms with Crippen molar-refractivity contribution in [3.05, 3.63) is 60.4 Å². The number of carbonyl (C=O) groups is 1. The SMILES string of the molecule is O=C(CSc1nnc(-c2cccnc2)o1)NCCCc1ccccc1. The molecule has 0 fully saturated rings. The van der Waals surface area contributed by atoms with E-state index in [1.807, 2.05) is 24.3 Å². The Kier molecular flexibility index (Phi) is 6.17. The minimum Gasteiger partial charge on any atom is -0.411 e. The minimum atomic E-state index is -0.0424. The largest absolute Gasteiger partial charge is 0.411 e. The Balaban J connectivity index is 1.37. The molecule has 2 aromatic heterocycles. The van der Waals surface area contributed by atoms with Crippen LogP contribution < -0.4 is 5.32 Å². The highest BCUT2D eigenvalue weighted by Gasteiger charge is 2.11. The maximum Gasteiger partial charge on any atom is 0.277 e. The molecule has 0 radical (unpaired) electrons. The molecule has 1 amide bonds. The molecule has 0 aliphatic carbocycles. The maximum atomic E-state index is 11.9. The second kappa shape index (κ2) is 8.98. The molecule has 128 valence electrons. The number of benzene rings is 1. The first kappa shape index (κ1) is 17.2. The maximum absolute atomic E-state index is 11.9. The van der Waals surface area contributed by atoms with Gasteiger partial charge in [-0.3, -0.25) is 9.78 Å². The Hall–Kier alpha value is -2.67. The molecule has 2 heterocycles. The topological polar surface area (TPSA) is 80.9 Å². The zero-order valence-corrected chi connectivity index (χ0v) is 14.4. The van der Waals surface area contributed by atoms with E-state index in [1.165, 1.54) is 17.3 Å². The highest BCUT2D eigenvalue weighted by atomic mass is 32.2. The third-order valence-corrected chi connectivity index (χ3v) is 4.27.